The first-order valence-corrected chi connectivity index (χ1v) is 7.81. The Balaban J connectivity index is 0.000000684. The van der Waals surface area contributed by atoms with Gasteiger partial charge in [0.25, 0.3) is 0 Å². The van der Waals surface area contributed by atoms with E-state index in [2.05, 4.69) is 17.4 Å². The topological polar surface area (TPSA) is 38.3 Å². The maximum atomic E-state index is 11.3. The van der Waals surface area contributed by atoms with Crippen molar-refractivity contribution in [2.45, 2.75) is 45.6 Å². The Morgan fingerprint density at radius 1 is 1.13 bits per heavy atom. The largest absolute Gasteiger partial charge is 2.00 e. The molecule has 0 bridgehead atoms. The van der Waals surface area contributed by atoms with Crippen molar-refractivity contribution in [3.63, 3.8) is 0 Å². The van der Waals surface area contributed by atoms with Gasteiger partial charge in [-0.05, 0) is 33.6 Å². The zero-order chi connectivity index (χ0) is 16.3. The second-order valence-electron chi connectivity index (χ2n) is 6.14. The van der Waals surface area contributed by atoms with E-state index >= 15 is 0 Å². The maximum absolute atomic E-state index is 11.3. The van der Waals surface area contributed by atoms with Gasteiger partial charge < -0.3 is 10.1 Å². The Morgan fingerprint density at radius 2 is 1.83 bits per heavy atom. The number of hydrogen-bond acceptors (Lipinski definition) is 2. The zero-order valence-corrected chi connectivity index (χ0v) is 15.3. The van der Waals surface area contributed by atoms with Crippen LogP contribution in [0.5, 0.6) is 0 Å². The Kier molecular flexibility index (Phi) is 11.2. The van der Waals surface area contributed by atoms with E-state index in [9.17, 15) is 4.79 Å². The first-order chi connectivity index (χ1) is 10.5. The van der Waals surface area contributed by atoms with Crippen molar-refractivity contribution in [1.82, 2.24) is 5.32 Å². The molecular formula is C19H27FeNO2. The number of amides is 1. The Morgan fingerprint density at radius 3 is 2.30 bits per heavy atom. The van der Waals surface area contributed by atoms with Gasteiger partial charge in [0.05, 0.1) is 0 Å². The summed E-state index contributed by atoms with van der Waals surface area (Å²) in [5.41, 5.74) is 0.946. The number of ether oxygens (including phenoxy) is 1. The fraction of sp³-hybridized carbons (Fsp3) is 0.421. The molecule has 0 aromatic heterocycles. The standard InChI is InChI=1S/C14H22NO2.C5H5.Fe/c1-14(2,3)17-13(16)15-11-7-6-10-12-8-4-5-9-12;1-2-4-5-3-1;/h4-5,8-9H,6-7,10-11H2,1-3H3,(H,15,16);1-5H;/q2*-1;+2. The third-order valence-electron chi connectivity index (χ3n) is 2.85. The van der Waals surface area contributed by atoms with Gasteiger partial charge in [-0.1, -0.05) is 6.42 Å². The van der Waals surface area contributed by atoms with Crippen LogP contribution < -0.4 is 5.32 Å². The van der Waals surface area contributed by atoms with Crippen LogP contribution in [0.25, 0.3) is 0 Å². The number of unbranched alkanes of at least 4 members (excludes halogenated alkanes) is 1. The molecule has 0 saturated heterocycles. The van der Waals surface area contributed by atoms with Crippen LogP contribution in [0.4, 0.5) is 4.79 Å². The molecular weight excluding hydrogens is 330 g/mol. The van der Waals surface area contributed by atoms with E-state index in [1.54, 1.807) is 0 Å². The molecule has 23 heavy (non-hydrogen) atoms. The van der Waals surface area contributed by atoms with Crippen molar-refractivity contribution >= 4 is 6.09 Å². The third kappa shape index (κ3) is 12.7. The van der Waals surface area contributed by atoms with Crippen LogP contribution in [-0.4, -0.2) is 18.2 Å². The van der Waals surface area contributed by atoms with Crippen molar-refractivity contribution in [2.24, 2.45) is 0 Å². The minimum atomic E-state index is -0.417. The minimum absolute atomic E-state index is 0. The van der Waals surface area contributed by atoms with Gasteiger partial charge in [-0.2, -0.15) is 35.9 Å². The van der Waals surface area contributed by atoms with E-state index in [1.807, 2.05) is 63.2 Å². The number of rotatable bonds is 5. The molecule has 0 saturated carbocycles. The molecule has 0 unspecified atom stereocenters. The van der Waals surface area contributed by atoms with Gasteiger partial charge in [0.2, 0.25) is 0 Å². The molecule has 1 N–H and O–H groups in total. The number of carbonyl (C=O) groups excluding carboxylic acids is 1. The van der Waals surface area contributed by atoms with E-state index in [1.165, 1.54) is 5.56 Å². The SMILES string of the molecule is CC(C)(C)OC(=O)NCCCCc1ccc[cH-]1.[Fe+2].c1cc[cH-]c1. The van der Waals surface area contributed by atoms with E-state index < -0.39 is 5.60 Å². The van der Waals surface area contributed by atoms with Crippen molar-refractivity contribution < 1.29 is 26.6 Å². The fourth-order valence-electron chi connectivity index (χ4n) is 1.86. The number of nitrogens with one attached hydrogen (secondary N) is 1. The fourth-order valence-corrected chi connectivity index (χ4v) is 1.86. The second-order valence-corrected chi connectivity index (χ2v) is 6.14. The molecule has 2 aromatic carbocycles. The summed E-state index contributed by atoms with van der Waals surface area (Å²) in [7, 11) is 0. The van der Waals surface area contributed by atoms with Crippen LogP contribution in [-0.2, 0) is 28.2 Å². The first kappa shape index (κ1) is 21.5. The van der Waals surface area contributed by atoms with Crippen LogP contribution >= 0.6 is 0 Å². The first-order valence-electron chi connectivity index (χ1n) is 7.81. The molecule has 0 heterocycles. The van der Waals surface area contributed by atoms with Gasteiger partial charge in [-0.25, -0.2) is 29.1 Å². The van der Waals surface area contributed by atoms with E-state index in [0.29, 0.717) is 6.54 Å². The van der Waals surface area contributed by atoms with Crippen LogP contribution in [0.1, 0.15) is 39.2 Å². The monoisotopic (exact) mass is 357 g/mol. The zero-order valence-electron chi connectivity index (χ0n) is 14.2. The average molecular weight is 357 g/mol. The summed E-state index contributed by atoms with van der Waals surface area (Å²) in [5.74, 6) is 0. The van der Waals surface area contributed by atoms with E-state index in [0.717, 1.165) is 19.3 Å². The van der Waals surface area contributed by atoms with Gasteiger partial charge >= 0.3 is 23.2 Å². The Bertz CT molecular complexity index is 467. The summed E-state index contributed by atoms with van der Waals surface area (Å²) in [6.45, 7) is 6.27. The summed E-state index contributed by atoms with van der Waals surface area (Å²) in [5, 5.41) is 2.76. The van der Waals surface area contributed by atoms with Crippen LogP contribution in [0, 0.1) is 0 Å². The van der Waals surface area contributed by atoms with E-state index in [4.69, 9.17) is 4.74 Å². The molecule has 0 radical (unpaired) electrons. The van der Waals surface area contributed by atoms with Gasteiger partial charge in [-0.15, -0.1) is 0 Å². The molecule has 0 aliphatic carbocycles. The number of hydrogen-bond donors (Lipinski definition) is 1. The molecule has 0 aliphatic rings. The predicted octanol–water partition coefficient (Wildman–Crippen LogP) is 4.66. The summed E-state index contributed by atoms with van der Waals surface area (Å²) in [4.78, 5) is 11.3. The Hall–Kier alpha value is -1.51. The predicted molar refractivity (Wildman–Crippen MR) is 91.2 cm³/mol. The van der Waals surface area contributed by atoms with E-state index in [-0.39, 0.29) is 23.2 Å². The second kappa shape index (κ2) is 12.0. The molecule has 4 heteroatoms. The van der Waals surface area contributed by atoms with Gasteiger partial charge in [0.1, 0.15) is 5.60 Å². The number of alkyl carbamates (subject to hydrolysis) is 1. The van der Waals surface area contributed by atoms with Crippen molar-refractivity contribution in [1.29, 1.82) is 0 Å². The van der Waals surface area contributed by atoms with Crippen molar-refractivity contribution in [3.05, 3.63) is 60.2 Å². The number of aryl methyl sites for hydroxylation is 1. The molecule has 0 aliphatic heterocycles. The van der Waals surface area contributed by atoms with Gasteiger partial charge in [0, 0.05) is 6.54 Å². The molecule has 0 fully saturated rings. The van der Waals surface area contributed by atoms with Crippen molar-refractivity contribution in [3.8, 4) is 0 Å². The third-order valence-corrected chi connectivity index (χ3v) is 2.85. The molecule has 3 nitrogen and oxygen atoms in total. The normalized spacial score (nSPS) is 10.0. The molecule has 2 aromatic rings. The van der Waals surface area contributed by atoms with Gasteiger partial charge in [0.15, 0.2) is 0 Å². The molecule has 128 valence electrons. The minimum Gasteiger partial charge on any atom is -0.444 e. The molecule has 0 spiro atoms. The van der Waals surface area contributed by atoms with Crippen LogP contribution in [0.2, 0.25) is 0 Å². The summed E-state index contributed by atoms with van der Waals surface area (Å²) in [6, 6.07) is 18.4. The quantitative estimate of drug-likeness (QED) is 0.480. The van der Waals surface area contributed by atoms with Gasteiger partial charge in [-0.3, -0.25) is 0 Å². The maximum Gasteiger partial charge on any atom is 2.00 e. The molecule has 0 atom stereocenters. The van der Waals surface area contributed by atoms with Crippen LogP contribution in [0.3, 0.4) is 0 Å². The molecule has 2 rings (SSSR count). The summed E-state index contributed by atoms with van der Waals surface area (Å²) >= 11 is 0. The smallest absolute Gasteiger partial charge is 0.444 e. The van der Waals surface area contributed by atoms with Crippen molar-refractivity contribution in [2.75, 3.05) is 6.54 Å². The average Bonchev–Trinajstić information content (AvgIpc) is 3.12. The van der Waals surface area contributed by atoms with Crippen LogP contribution in [0.15, 0.2) is 54.6 Å². The summed E-state index contributed by atoms with van der Waals surface area (Å²) in [6.07, 6.45) is 2.80. The summed E-state index contributed by atoms with van der Waals surface area (Å²) < 4.78 is 5.14. The Labute approximate surface area is 150 Å². The number of carbonyl (C=O) groups is 1. The molecule has 1 amide bonds.